The lowest BCUT2D eigenvalue weighted by Crippen LogP contribution is -1.94. The number of benzene rings is 1. The summed E-state index contributed by atoms with van der Waals surface area (Å²) in [5.41, 5.74) is 6.49. The highest BCUT2D eigenvalue weighted by molar-refractivity contribution is 5.85. The quantitative estimate of drug-likeness (QED) is 0.610. The predicted octanol–water partition coefficient (Wildman–Crippen LogP) is 2.91. The van der Waals surface area contributed by atoms with Crippen LogP contribution in [0.3, 0.4) is 0 Å². The van der Waals surface area contributed by atoms with Crippen molar-refractivity contribution in [3.8, 4) is 28.6 Å². The largest absolute Gasteiger partial charge is 0.250 e. The molecule has 4 rings (SSSR count). The van der Waals surface area contributed by atoms with E-state index in [1.54, 1.807) is 4.68 Å². The molecular weight excluding hydrogens is 314 g/mol. The highest BCUT2D eigenvalue weighted by atomic mass is 15.3. The van der Waals surface area contributed by atoms with Crippen molar-refractivity contribution in [1.82, 2.24) is 30.2 Å². The van der Waals surface area contributed by atoms with Gasteiger partial charge in [-0.3, -0.25) is 4.68 Å². The summed E-state index contributed by atoms with van der Waals surface area (Å²) < 4.78 is 1.80. The van der Waals surface area contributed by atoms with E-state index in [0.717, 1.165) is 39.1 Å². The third kappa shape index (κ3) is 2.35. The van der Waals surface area contributed by atoms with Crippen LogP contribution in [0.5, 0.6) is 0 Å². The molecule has 0 aliphatic rings. The molecule has 0 aliphatic carbocycles. The van der Waals surface area contributed by atoms with E-state index in [0.29, 0.717) is 11.4 Å². The van der Waals surface area contributed by atoms with Crippen molar-refractivity contribution in [3.63, 3.8) is 0 Å². The highest BCUT2D eigenvalue weighted by Crippen LogP contribution is 2.29. The minimum atomic E-state index is 0.346. The Kier molecular flexibility index (Phi) is 3.32. The first-order chi connectivity index (χ1) is 12.1. The molecule has 0 amide bonds. The number of H-pyrrole nitrogens is 1. The molecule has 0 fully saturated rings. The van der Waals surface area contributed by atoms with Crippen molar-refractivity contribution in [2.45, 2.75) is 13.8 Å². The van der Waals surface area contributed by atoms with E-state index < -0.39 is 0 Å². The van der Waals surface area contributed by atoms with Crippen LogP contribution in [-0.2, 0) is 7.05 Å². The standard InChI is InChI=1S/C18H15N7/c1-10-7-14(20-18-16(10)11(2)23-25(18)3)12-5-4-6-13(8-12)17-15(9-19)21-24-22-17/h4-8H,1-3H3,(H,21,22,24). The molecule has 0 radical (unpaired) electrons. The molecule has 0 bridgehead atoms. The van der Waals surface area contributed by atoms with Crippen LogP contribution in [-0.4, -0.2) is 30.2 Å². The molecule has 7 nitrogen and oxygen atoms in total. The molecule has 0 saturated carbocycles. The molecule has 0 atom stereocenters. The number of nitriles is 1. The lowest BCUT2D eigenvalue weighted by atomic mass is 10.0. The topological polar surface area (TPSA) is 96.1 Å². The highest BCUT2D eigenvalue weighted by Gasteiger charge is 2.14. The van der Waals surface area contributed by atoms with E-state index >= 15 is 0 Å². The van der Waals surface area contributed by atoms with Crippen molar-refractivity contribution in [2.75, 3.05) is 0 Å². The van der Waals surface area contributed by atoms with Gasteiger partial charge < -0.3 is 0 Å². The second-order valence-corrected chi connectivity index (χ2v) is 5.96. The summed E-state index contributed by atoms with van der Waals surface area (Å²) >= 11 is 0. The molecule has 0 unspecified atom stereocenters. The lowest BCUT2D eigenvalue weighted by molar-refractivity contribution is 0.774. The number of aryl methyl sites for hydroxylation is 3. The molecule has 3 aromatic heterocycles. The van der Waals surface area contributed by atoms with Gasteiger partial charge in [0.1, 0.15) is 11.8 Å². The van der Waals surface area contributed by atoms with Gasteiger partial charge in [0.25, 0.3) is 0 Å². The minimum absolute atomic E-state index is 0.346. The Hall–Kier alpha value is -3.53. The molecular formula is C18H15N7. The van der Waals surface area contributed by atoms with Crippen molar-refractivity contribution in [1.29, 1.82) is 5.26 Å². The van der Waals surface area contributed by atoms with Crippen LogP contribution in [0.4, 0.5) is 0 Å². The number of nitrogens with zero attached hydrogens (tertiary/aromatic N) is 6. The van der Waals surface area contributed by atoms with Crippen LogP contribution in [0.25, 0.3) is 33.5 Å². The van der Waals surface area contributed by atoms with Crippen LogP contribution in [0.15, 0.2) is 30.3 Å². The normalized spacial score (nSPS) is 11.0. The van der Waals surface area contributed by atoms with Crippen LogP contribution >= 0.6 is 0 Å². The number of fused-ring (bicyclic) bond motifs is 1. The van der Waals surface area contributed by atoms with Gasteiger partial charge in [-0.1, -0.05) is 23.4 Å². The van der Waals surface area contributed by atoms with Crippen molar-refractivity contribution >= 4 is 11.0 Å². The molecule has 4 aromatic rings. The van der Waals surface area contributed by atoms with E-state index in [1.165, 1.54) is 0 Å². The van der Waals surface area contributed by atoms with Crippen LogP contribution in [0.1, 0.15) is 17.0 Å². The summed E-state index contributed by atoms with van der Waals surface area (Å²) in [6.07, 6.45) is 0. The molecule has 1 aromatic carbocycles. The Morgan fingerprint density at radius 2 is 1.96 bits per heavy atom. The van der Waals surface area contributed by atoms with Gasteiger partial charge in [0.2, 0.25) is 0 Å². The zero-order valence-electron chi connectivity index (χ0n) is 14.1. The maximum Gasteiger partial charge on any atom is 0.163 e. The lowest BCUT2D eigenvalue weighted by Gasteiger charge is -2.06. The van der Waals surface area contributed by atoms with Crippen molar-refractivity contribution in [2.24, 2.45) is 7.05 Å². The van der Waals surface area contributed by atoms with Crippen LogP contribution < -0.4 is 0 Å². The monoisotopic (exact) mass is 329 g/mol. The van der Waals surface area contributed by atoms with Gasteiger partial charge in [-0.05, 0) is 31.5 Å². The first kappa shape index (κ1) is 15.0. The number of hydrogen-bond donors (Lipinski definition) is 1. The second-order valence-electron chi connectivity index (χ2n) is 5.96. The molecule has 0 aliphatic heterocycles. The zero-order chi connectivity index (χ0) is 17.6. The summed E-state index contributed by atoms with van der Waals surface area (Å²) in [5, 5.41) is 25.0. The average Bonchev–Trinajstić information content (AvgIpc) is 3.20. The number of hydrogen-bond acceptors (Lipinski definition) is 5. The zero-order valence-corrected chi connectivity index (χ0v) is 14.1. The number of aromatic amines is 1. The summed E-state index contributed by atoms with van der Waals surface area (Å²) in [6, 6.07) is 11.9. The Balaban J connectivity index is 1.89. The van der Waals surface area contributed by atoms with Crippen LogP contribution in [0.2, 0.25) is 0 Å². The summed E-state index contributed by atoms with van der Waals surface area (Å²) in [5.74, 6) is 0. The van der Waals surface area contributed by atoms with E-state index in [4.69, 9.17) is 10.2 Å². The fourth-order valence-electron chi connectivity index (χ4n) is 3.14. The number of pyridine rings is 1. The minimum Gasteiger partial charge on any atom is -0.250 e. The number of nitrogens with one attached hydrogen (secondary N) is 1. The molecule has 0 saturated heterocycles. The van der Waals surface area contributed by atoms with E-state index in [-0.39, 0.29) is 0 Å². The van der Waals surface area contributed by atoms with Gasteiger partial charge in [0.05, 0.1) is 11.4 Å². The fourth-order valence-corrected chi connectivity index (χ4v) is 3.14. The summed E-state index contributed by atoms with van der Waals surface area (Å²) in [6.45, 7) is 4.06. The first-order valence-electron chi connectivity index (χ1n) is 7.81. The second kappa shape index (κ2) is 5.53. The molecule has 3 heterocycles. The summed E-state index contributed by atoms with van der Waals surface area (Å²) in [7, 11) is 1.90. The fraction of sp³-hybridized carbons (Fsp3) is 0.167. The maximum atomic E-state index is 9.16. The van der Waals surface area contributed by atoms with Crippen molar-refractivity contribution in [3.05, 3.63) is 47.3 Å². The molecule has 1 N–H and O–H groups in total. The third-order valence-corrected chi connectivity index (χ3v) is 4.26. The molecule has 0 spiro atoms. The van der Waals surface area contributed by atoms with Gasteiger partial charge in [-0.25, -0.2) is 10.1 Å². The Morgan fingerprint density at radius 1 is 1.16 bits per heavy atom. The van der Waals surface area contributed by atoms with Gasteiger partial charge in [-0.15, -0.1) is 5.10 Å². The summed E-state index contributed by atoms with van der Waals surface area (Å²) in [4.78, 5) is 4.78. The van der Waals surface area contributed by atoms with E-state index in [9.17, 15) is 0 Å². The Labute approximate surface area is 143 Å². The average molecular weight is 329 g/mol. The van der Waals surface area contributed by atoms with E-state index in [2.05, 4.69) is 39.6 Å². The molecule has 25 heavy (non-hydrogen) atoms. The number of rotatable bonds is 2. The van der Waals surface area contributed by atoms with Crippen molar-refractivity contribution < 1.29 is 0 Å². The van der Waals surface area contributed by atoms with Gasteiger partial charge in [0.15, 0.2) is 11.3 Å². The Bertz CT molecular complexity index is 1140. The molecule has 122 valence electrons. The maximum absolute atomic E-state index is 9.16. The van der Waals surface area contributed by atoms with Gasteiger partial charge in [-0.2, -0.15) is 10.4 Å². The SMILES string of the molecule is Cc1cc(-c2cccc(-c3nn[nH]c3C#N)c2)nc2c1c(C)nn2C. The smallest absolute Gasteiger partial charge is 0.163 e. The first-order valence-corrected chi connectivity index (χ1v) is 7.81. The van der Waals surface area contributed by atoms with Crippen LogP contribution in [0, 0.1) is 25.2 Å². The van der Waals surface area contributed by atoms with Gasteiger partial charge in [0, 0.05) is 23.6 Å². The van der Waals surface area contributed by atoms with Gasteiger partial charge >= 0.3 is 0 Å². The van der Waals surface area contributed by atoms with E-state index in [1.807, 2.05) is 38.2 Å². The predicted molar refractivity (Wildman–Crippen MR) is 93.5 cm³/mol. The Morgan fingerprint density at radius 3 is 2.76 bits per heavy atom. The molecule has 7 heteroatoms. The number of aromatic nitrogens is 6. The third-order valence-electron chi connectivity index (χ3n) is 4.26.